The average Bonchev–Trinajstić information content (AvgIpc) is 2.34. The van der Waals surface area contributed by atoms with Gasteiger partial charge in [0.25, 0.3) is 0 Å². The number of rotatable bonds is 7. The molecule has 1 amide bonds. The minimum atomic E-state index is 0.0632. The Morgan fingerprint density at radius 2 is 2.16 bits per heavy atom. The van der Waals surface area contributed by atoms with Gasteiger partial charge in [0, 0.05) is 24.0 Å². The molecule has 19 heavy (non-hydrogen) atoms. The van der Waals surface area contributed by atoms with E-state index in [4.69, 9.17) is 5.73 Å². The summed E-state index contributed by atoms with van der Waals surface area (Å²) in [4.78, 5) is 16.0. The molecule has 4 nitrogen and oxygen atoms in total. The summed E-state index contributed by atoms with van der Waals surface area (Å²) in [6, 6.07) is 3.68. The van der Waals surface area contributed by atoms with Crippen molar-refractivity contribution in [3.63, 3.8) is 0 Å². The Bertz CT molecular complexity index is 404. The van der Waals surface area contributed by atoms with Gasteiger partial charge in [-0.25, -0.2) is 0 Å². The summed E-state index contributed by atoms with van der Waals surface area (Å²) in [6.45, 7) is 6.97. The van der Waals surface area contributed by atoms with Crippen LogP contribution in [-0.2, 0) is 4.79 Å². The van der Waals surface area contributed by atoms with E-state index < -0.39 is 0 Å². The molecule has 3 N–H and O–H groups in total. The predicted molar refractivity (Wildman–Crippen MR) is 78.8 cm³/mol. The van der Waals surface area contributed by atoms with Crippen LogP contribution in [0.1, 0.15) is 38.8 Å². The number of aromatic nitrogens is 1. The summed E-state index contributed by atoms with van der Waals surface area (Å²) in [5, 5.41) is 2.91. The van der Waals surface area contributed by atoms with E-state index in [-0.39, 0.29) is 5.91 Å². The molecule has 0 saturated heterocycles. The molecule has 0 spiro atoms. The molecule has 0 aliphatic rings. The molecule has 0 aromatic carbocycles. The van der Waals surface area contributed by atoms with Crippen LogP contribution in [-0.4, -0.2) is 17.4 Å². The maximum atomic E-state index is 11.9. The third kappa shape index (κ3) is 5.83. The van der Waals surface area contributed by atoms with Crippen LogP contribution in [0.5, 0.6) is 0 Å². The van der Waals surface area contributed by atoms with Gasteiger partial charge in [0.15, 0.2) is 0 Å². The lowest BCUT2D eigenvalue weighted by Crippen LogP contribution is -2.18. The number of amides is 1. The Labute approximate surface area is 115 Å². The average molecular weight is 263 g/mol. The smallest absolute Gasteiger partial charge is 0.224 e. The van der Waals surface area contributed by atoms with Gasteiger partial charge in [-0.3, -0.25) is 9.78 Å². The molecular weight excluding hydrogens is 238 g/mol. The molecule has 0 radical (unpaired) electrons. The molecule has 4 heteroatoms. The summed E-state index contributed by atoms with van der Waals surface area (Å²) in [5.74, 6) is 1.16. The topological polar surface area (TPSA) is 68.0 Å². The molecule has 0 bridgehead atoms. The lowest BCUT2D eigenvalue weighted by molar-refractivity contribution is -0.116. The molecule has 1 aromatic rings. The number of anilines is 1. The van der Waals surface area contributed by atoms with Gasteiger partial charge >= 0.3 is 0 Å². The molecule has 0 aliphatic carbocycles. The quantitative estimate of drug-likeness (QED) is 0.794. The molecule has 0 aliphatic heterocycles. The van der Waals surface area contributed by atoms with Crippen LogP contribution in [0, 0.1) is 18.8 Å². The lowest BCUT2D eigenvalue weighted by atomic mass is 9.88. The van der Waals surface area contributed by atoms with Crippen molar-refractivity contribution in [2.24, 2.45) is 17.6 Å². The van der Waals surface area contributed by atoms with E-state index in [0.29, 0.717) is 24.8 Å². The first-order chi connectivity index (χ1) is 9.02. The summed E-state index contributed by atoms with van der Waals surface area (Å²) in [6.07, 6.45) is 4.13. The van der Waals surface area contributed by atoms with Crippen LogP contribution in [0.25, 0.3) is 0 Å². The van der Waals surface area contributed by atoms with Crippen molar-refractivity contribution in [1.29, 1.82) is 0 Å². The van der Waals surface area contributed by atoms with E-state index in [0.717, 1.165) is 24.2 Å². The highest BCUT2D eigenvalue weighted by molar-refractivity contribution is 5.90. The standard InChI is InChI=1S/C15H25N3O/c1-11(2)13(6-8-16)4-5-15(19)18-14-7-9-17-12(3)10-14/h7,9-11,13H,4-6,8,16H2,1-3H3,(H,17,18,19). The molecule has 1 unspecified atom stereocenters. The number of aryl methyl sites for hydroxylation is 1. The molecule has 0 fully saturated rings. The van der Waals surface area contributed by atoms with E-state index in [1.54, 1.807) is 6.20 Å². The Morgan fingerprint density at radius 1 is 1.42 bits per heavy atom. The highest BCUT2D eigenvalue weighted by Crippen LogP contribution is 2.20. The van der Waals surface area contributed by atoms with Gasteiger partial charge in [-0.2, -0.15) is 0 Å². The summed E-state index contributed by atoms with van der Waals surface area (Å²) in [7, 11) is 0. The summed E-state index contributed by atoms with van der Waals surface area (Å²) >= 11 is 0. The minimum Gasteiger partial charge on any atom is -0.330 e. The zero-order valence-electron chi connectivity index (χ0n) is 12.1. The fourth-order valence-corrected chi connectivity index (χ4v) is 2.19. The van der Waals surface area contributed by atoms with Crippen molar-refractivity contribution < 1.29 is 4.79 Å². The number of hydrogen-bond donors (Lipinski definition) is 2. The Kier molecular flexibility index (Phi) is 6.50. The maximum absolute atomic E-state index is 11.9. The van der Waals surface area contributed by atoms with Gasteiger partial charge in [-0.1, -0.05) is 13.8 Å². The molecule has 106 valence electrons. The second-order valence-corrected chi connectivity index (χ2v) is 5.35. The van der Waals surface area contributed by atoms with Gasteiger partial charge in [0.1, 0.15) is 0 Å². The highest BCUT2D eigenvalue weighted by atomic mass is 16.1. The zero-order valence-corrected chi connectivity index (χ0v) is 12.1. The van der Waals surface area contributed by atoms with Crippen LogP contribution in [0.15, 0.2) is 18.3 Å². The summed E-state index contributed by atoms with van der Waals surface area (Å²) in [5.41, 5.74) is 7.33. The first kappa shape index (κ1) is 15.6. The van der Waals surface area contributed by atoms with E-state index in [1.165, 1.54) is 0 Å². The number of pyridine rings is 1. The number of carbonyl (C=O) groups is 1. The van der Waals surface area contributed by atoms with Crippen LogP contribution in [0.4, 0.5) is 5.69 Å². The van der Waals surface area contributed by atoms with Crippen LogP contribution in [0.2, 0.25) is 0 Å². The third-order valence-corrected chi connectivity index (χ3v) is 3.40. The van der Waals surface area contributed by atoms with Crippen LogP contribution in [0.3, 0.4) is 0 Å². The highest BCUT2D eigenvalue weighted by Gasteiger charge is 2.14. The minimum absolute atomic E-state index is 0.0632. The number of nitrogens with two attached hydrogens (primary N) is 1. The Morgan fingerprint density at radius 3 is 2.74 bits per heavy atom. The Balaban J connectivity index is 2.42. The van der Waals surface area contributed by atoms with Gasteiger partial charge in [0.05, 0.1) is 0 Å². The fourth-order valence-electron chi connectivity index (χ4n) is 2.19. The molecule has 1 rings (SSSR count). The molecule has 0 saturated carbocycles. The second-order valence-electron chi connectivity index (χ2n) is 5.35. The molecule has 1 aromatic heterocycles. The van der Waals surface area contributed by atoms with E-state index >= 15 is 0 Å². The van der Waals surface area contributed by atoms with Crippen molar-refractivity contribution in [3.05, 3.63) is 24.0 Å². The largest absolute Gasteiger partial charge is 0.330 e. The molecule has 1 heterocycles. The van der Waals surface area contributed by atoms with Crippen molar-refractivity contribution in [1.82, 2.24) is 4.98 Å². The van der Waals surface area contributed by atoms with Crippen molar-refractivity contribution >= 4 is 11.6 Å². The number of hydrogen-bond acceptors (Lipinski definition) is 3. The van der Waals surface area contributed by atoms with Crippen molar-refractivity contribution in [3.8, 4) is 0 Å². The first-order valence-corrected chi connectivity index (χ1v) is 6.95. The maximum Gasteiger partial charge on any atom is 0.224 e. The SMILES string of the molecule is Cc1cc(NC(=O)CCC(CCN)C(C)C)ccn1. The van der Waals surface area contributed by atoms with Crippen molar-refractivity contribution in [2.75, 3.05) is 11.9 Å². The molecule has 1 atom stereocenters. The van der Waals surface area contributed by atoms with Crippen LogP contribution >= 0.6 is 0 Å². The third-order valence-electron chi connectivity index (χ3n) is 3.40. The van der Waals surface area contributed by atoms with E-state index in [2.05, 4.69) is 24.1 Å². The van der Waals surface area contributed by atoms with Gasteiger partial charge < -0.3 is 11.1 Å². The number of nitrogens with one attached hydrogen (secondary N) is 1. The van der Waals surface area contributed by atoms with E-state index in [9.17, 15) is 4.79 Å². The van der Waals surface area contributed by atoms with E-state index in [1.807, 2.05) is 19.1 Å². The normalized spacial score (nSPS) is 12.5. The predicted octanol–water partition coefficient (Wildman–Crippen LogP) is 2.73. The first-order valence-electron chi connectivity index (χ1n) is 6.95. The molecular formula is C15H25N3O. The number of nitrogens with zero attached hydrogens (tertiary/aromatic N) is 1. The summed E-state index contributed by atoms with van der Waals surface area (Å²) < 4.78 is 0. The monoisotopic (exact) mass is 263 g/mol. The zero-order chi connectivity index (χ0) is 14.3. The van der Waals surface area contributed by atoms with Crippen molar-refractivity contribution in [2.45, 2.75) is 40.0 Å². The van der Waals surface area contributed by atoms with Gasteiger partial charge in [0.2, 0.25) is 5.91 Å². The number of carbonyl (C=O) groups excluding carboxylic acids is 1. The lowest BCUT2D eigenvalue weighted by Gasteiger charge is -2.19. The second kappa shape index (κ2) is 7.89. The van der Waals surface area contributed by atoms with Gasteiger partial charge in [-0.05, 0) is 50.3 Å². The van der Waals surface area contributed by atoms with Crippen LogP contribution < -0.4 is 11.1 Å². The van der Waals surface area contributed by atoms with Gasteiger partial charge in [-0.15, -0.1) is 0 Å². The fraction of sp³-hybridized carbons (Fsp3) is 0.600. The Hall–Kier alpha value is -1.42.